The Morgan fingerprint density at radius 3 is 2.77 bits per heavy atom. The Kier molecular flexibility index (Phi) is 5.16. The molecule has 3 rings (SSSR count). The van der Waals surface area contributed by atoms with Crippen molar-refractivity contribution < 1.29 is 8.42 Å². The lowest BCUT2D eigenvalue weighted by molar-refractivity contribution is 0.598. The smallest absolute Gasteiger partial charge is 0.238 e. The Bertz CT molecular complexity index is 1030. The van der Waals surface area contributed by atoms with Gasteiger partial charge in [-0.25, -0.2) is 28.5 Å². The van der Waals surface area contributed by atoms with Gasteiger partial charge in [0.1, 0.15) is 0 Å². The molecule has 0 amide bonds. The van der Waals surface area contributed by atoms with Gasteiger partial charge >= 0.3 is 0 Å². The molecular formula is C16H18N6O2S2. The number of benzene rings is 1. The predicted octanol–water partition coefficient (Wildman–Crippen LogP) is 2.73. The van der Waals surface area contributed by atoms with Gasteiger partial charge in [-0.15, -0.1) is 0 Å². The number of hydrogen-bond acceptors (Lipinski definition) is 8. The first-order chi connectivity index (χ1) is 12.4. The van der Waals surface area contributed by atoms with Crippen molar-refractivity contribution in [2.24, 2.45) is 5.14 Å². The minimum absolute atomic E-state index is 0.0206. The van der Waals surface area contributed by atoms with E-state index in [0.717, 1.165) is 27.9 Å². The van der Waals surface area contributed by atoms with Gasteiger partial charge in [0.05, 0.1) is 21.2 Å². The van der Waals surface area contributed by atoms with Crippen LogP contribution in [0.2, 0.25) is 0 Å². The fourth-order valence-corrected chi connectivity index (χ4v) is 3.85. The third-order valence-corrected chi connectivity index (χ3v) is 5.48. The summed E-state index contributed by atoms with van der Waals surface area (Å²) in [6.07, 6.45) is 1.64. The van der Waals surface area contributed by atoms with Crippen LogP contribution in [0.25, 0.3) is 10.6 Å². The van der Waals surface area contributed by atoms with Crippen LogP contribution in [-0.2, 0) is 10.0 Å². The van der Waals surface area contributed by atoms with Gasteiger partial charge in [-0.05, 0) is 38.1 Å². The van der Waals surface area contributed by atoms with E-state index in [-0.39, 0.29) is 4.90 Å². The molecule has 0 fully saturated rings. The molecule has 2 aromatic heterocycles. The van der Waals surface area contributed by atoms with Crippen molar-refractivity contribution in [3.05, 3.63) is 42.2 Å². The SMILES string of the molecule is CCNc1nc(C)c(-c2ccnc(Nc3cccc(S(N)(=O)=O)c3)n2)s1. The third-order valence-electron chi connectivity index (χ3n) is 3.43. The van der Waals surface area contributed by atoms with Crippen molar-refractivity contribution in [2.45, 2.75) is 18.7 Å². The quantitative estimate of drug-likeness (QED) is 0.591. The highest BCUT2D eigenvalue weighted by atomic mass is 32.2. The molecule has 10 heteroatoms. The minimum Gasteiger partial charge on any atom is -0.362 e. The van der Waals surface area contributed by atoms with Crippen molar-refractivity contribution >= 4 is 38.1 Å². The van der Waals surface area contributed by atoms with E-state index >= 15 is 0 Å². The second-order valence-corrected chi connectivity index (χ2v) is 7.99. The van der Waals surface area contributed by atoms with Crippen LogP contribution < -0.4 is 15.8 Å². The summed E-state index contributed by atoms with van der Waals surface area (Å²) in [4.78, 5) is 14.1. The van der Waals surface area contributed by atoms with Crippen molar-refractivity contribution in [1.82, 2.24) is 15.0 Å². The number of aryl methyl sites for hydroxylation is 1. The molecule has 4 N–H and O–H groups in total. The Morgan fingerprint density at radius 1 is 1.23 bits per heavy atom. The van der Waals surface area contributed by atoms with Gasteiger partial charge in [-0.2, -0.15) is 0 Å². The number of sulfonamides is 1. The van der Waals surface area contributed by atoms with Crippen LogP contribution >= 0.6 is 11.3 Å². The number of thiazole rings is 1. The van der Waals surface area contributed by atoms with Crippen LogP contribution in [0.5, 0.6) is 0 Å². The van der Waals surface area contributed by atoms with Crippen molar-refractivity contribution in [3.8, 4) is 10.6 Å². The number of nitrogens with two attached hydrogens (primary N) is 1. The molecule has 0 aliphatic rings. The standard InChI is InChI=1S/C16H18N6O2S2/c1-3-18-16-20-10(2)14(25-16)13-7-8-19-15(22-13)21-11-5-4-6-12(9-11)26(17,23)24/h4-9H,3H2,1-2H3,(H,18,20)(H2,17,23,24)(H,19,21,22). The fraction of sp³-hybridized carbons (Fsp3) is 0.188. The number of nitrogens with one attached hydrogen (secondary N) is 2. The molecule has 0 spiro atoms. The zero-order valence-corrected chi connectivity index (χ0v) is 15.9. The topological polar surface area (TPSA) is 123 Å². The maximum atomic E-state index is 11.5. The van der Waals surface area contributed by atoms with E-state index in [1.165, 1.54) is 23.5 Å². The lowest BCUT2D eigenvalue weighted by atomic mass is 10.3. The van der Waals surface area contributed by atoms with E-state index in [2.05, 4.69) is 25.6 Å². The zero-order chi connectivity index (χ0) is 18.7. The van der Waals surface area contributed by atoms with Gasteiger partial charge in [-0.3, -0.25) is 0 Å². The first-order valence-corrected chi connectivity index (χ1v) is 10.2. The summed E-state index contributed by atoms with van der Waals surface area (Å²) in [6, 6.07) is 7.99. The summed E-state index contributed by atoms with van der Waals surface area (Å²) < 4.78 is 23.0. The van der Waals surface area contributed by atoms with Gasteiger partial charge in [0.25, 0.3) is 0 Å². The second kappa shape index (κ2) is 7.36. The Morgan fingerprint density at radius 2 is 2.04 bits per heavy atom. The molecule has 8 nitrogen and oxygen atoms in total. The number of anilines is 3. The highest BCUT2D eigenvalue weighted by Crippen LogP contribution is 2.32. The van der Waals surface area contributed by atoms with Crippen LogP contribution in [0.4, 0.5) is 16.8 Å². The maximum absolute atomic E-state index is 11.5. The first-order valence-electron chi connectivity index (χ1n) is 7.81. The van der Waals surface area contributed by atoms with E-state index in [0.29, 0.717) is 11.6 Å². The zero-order valence-electron chi connectivity index (χ0n) is 14.2. The van der Waals surface area contributed by atoms with E-state index in [1.807, 2.05) is 19.9 Å². The molecule has 0 saturated heterocycles. The molecule has 0 aliphatic carbocycles. The molecule has 0 saturated carbocycles. The highest BCUT2D eigenvalue weighted by Gasteiger charge is 2.12. The maximum Gasteiger partial charge on any atom is 0.238 e. The second-order valence-electron chi connectivity index (χ2n) is 5.43. The number of hydrogen-bond donors (Lipinski definition) is 3. The van der Waals surface area contributed by atoms with E-state index in [4.69, 9.17) is 5.14 Å². The van der Waals surface area contributed by atoms with E-state index in [1.54, 1.807) is 18.3 Å². The van der Waals surface area contributed by atoms with Gasteiger partial charge in [-0.1, -0.05) is 17.4 Å². The van der Waals surface area contributed by atoms with Crippen LogP contribution in [0.1, 0.15) is 12.6 Å². The van der Waals surface area contributed by atoms with Crippen molar-refractivity contribution in [2.75, 3.05) is 17.2 Å². The number of nitrogens with zero attached hydrogens (tertiary/aromatic N) is 3. The Labute approximate surface area is 155 Å². The summed E-state index contributed by atoms with van der Waals surface area (Å²) in [7, 11) is -3.77. The number of aromatic nitrogens is 3. The van der Waals surface area contributed by atoms with Crippen LogP contribution in [0.15, 0.2) is 41.4 Å². The summed E-state index contributed by atoms with van der Waals surface area (Å²) in [5.74, 6) is 0.354. The van der Waals surface area contributed by atoms with E-state index < -0.39 is 10.0 Å². The van der Waals surface area contributed by atoms with Crippen LogP contribution in [0.3, 0.4) is 0 Å². The van der Waals surface area contributed by atoms with Crippen molar-refractivity contribution in [1.29, 1.82) is 0 Å². The average molecular weight is 390 g/mol. The van der Waals surface area contributed by atoms with Crippen molar-refractivity contribution in [3.63, 3.8) is 0 Å². The molecule has 0 aliphatic heterocycles. The monoisotopic (exact) mass is 390 g/mol. The lowest BCUT2D eigenvalue weighted by Crippen LogP contribution is -2.12. The molecule has 3 aromatic rings. The molecule has 0 atom stereocenters. The Hall–Kier alpha value is -2.56. The van der Waals surface area contributed by atoms with Crippen LogP contribution in [0, 0.1) is 6.92 Å². The minimum atomic E-state index is -3.77. The molecule has 136 valence electrons. The molecule has 0 unspecified atom stereocenters. The van der Waals surface area contributed by atoms with E-state index in [9.17, 15) is 8.42 Å². The molecular weight excluding hydrogens is 372 g/mol. The fourth-order valence-electron chi connectivity index (χ4n) is 2.29. The highest BCUT2D eigenvalue weighted by molar-refractivity contribution is 7.89. The first kappa shape index (κ1) is 18.2. The lowest BCUT2D eigenvalue weighted by Gasteiger charge is -2.07. The molecule has 0 bridgehead atoms. The molecule has 0 radical (unpaired) electrons. The number of primary sulfonamides is 1. The third kappa shape index (κ3) is 4.15. The number of rotatable bonds is 6. The summed E-state index contributed by atoms with van der Waals surface area (Å²) >= 11 is 1.52. The van der Waals surface area contributed by atoms with Gasteiger partial charge in [0.2, 0.25) is 16.0 Å². The average Bonchev–Trinajstić information content (AvgIpc) is 2.95. The van der Waals surface area contributed by atoms with Crippen LogP contribution in [-0.4, -0.2) is 29.9 Å². The largest absolute Gasteiger partial charge is 0.362 e. The summed E-state index contributed by atoms with van der Waals surface area (Å²) in [6.45, 7) is 4.74. The summed E-state index contributed by atoms with van der Waals surface area (Å²) in [5.41, 5.74) is 2.15. The molecule has 1 aromatic carbocycles. The predicted molar refractivity (Wildman–Crippen MR) is 103 cm³/mol. The Balaban J connectivity index is 1.89. The van der Waals surface area contributed by atoms with Gasteiger partial charge < -0.3 is 10.6 Å². The van der Waals surface area contributed by atoms with Gasteiger partial charge in [0, 0.05) is 18.4 Å². The molecule has 26 heavy (non-hydrogen) atoms. The summed E-state index contributed by atoms with van der Waals surface area (Å²) in [5, 5.41) is 12.2. The normalized spacial score (nSPS) is 11.3. The van der Waals surface area contributed by atoms with Gasteiger partial charge in [0.15, 0.2) is 5.13 Å². The molecule has 2 heterocycles.